The maximum atomic E-state index is 12.0. The Labute approximate surface area is 116 Å². The first kappa shape index (κ1) is 14.1. The molecule has 0 bridgehead atoms. The van der Waals surface area contributed by atoms with Crippen molar-refractivity contribution < 1.29 is 14.6 Å². The molecule has 6 heteroatoms. The van der Waals surface area contributed by atoms with Crippen LogP contribution in [0.25, 0.3) is 0 Å². The Morgan fingerprint density at radius 1 is 1.50 bits per heavy atom. The molecule has 0 saturated heterocycles. The molecule has 2 aromatic rings. The van der Waals surface area contributed by atoms with Gasteiger partial charge in [-0.3, -0.25) is 4.79 Å². The number of carbonyl (C=O) groups is 1. The Morgan fingerprint density at radius 2 is 2.30 bits per heavy atom. The summed E-state index contributed by atoms with van der Waals surface area (Å²) in [6.07, 6.45) is 2.25. The highest BCUT2D eigenvalue weighted by molar-refractivity contribution is 6.02. The SMILES string of the molecule is CCc1ncc(C(=O)Nc2ccc(OC)c(CO)c2)[nH]1. The molecule has 1 aromatic heterocycles. The number of aromatic amines is 1. The standard InChI is InChI=1S/C14H17N3O3/c1-3-13-15-7-11(17-13)14(19)16-10-4-5-12(20-2)9(6-10)8-18/h4-7,18H,3,8H2,1-2H3,(H,15,17)(H,16,19). The third-order valence-electron chi connectivity index (χ3n) is 2.92. The number of ether oxygens (including phenoxy) is 1. The minimum absolute atomic E-state index is 0.156. The molecule has 0 radical (unpaired) electrons. The number of hydrogen-bond donors (Lipinski definition) is 3. The first-order chi connectivity index (χ1) is 9.67. The molecule has 0 spiro atoms. The third-order valence-corrected chi connectivity index (χ3v) is 2.92. The Balaban J connectivity index is 2.15. The van der Waals surface area contributed by atoms with Gasteiger partial charge in [-0.05, 0) is 18.2 Å². The first-order valence-corrected chi connectivity index (χ1v) is 6.31. The number of aliphatic hydroxyl groups is 1. The molecule has 1 heterocycles. The molecule has 3 N–H and O–H groups in total. The zero-order chi connectivity index (χ0) is 14.5. The number of methoxy groups -OCH3 is 1. The van der Waals surface area contributed by atoms with Gasteiger partial charge in [0.15, 0.2) is 0 Å². The van der Waals surface area contributed by atoms with Gasteiger partial charge in [0.25, 0.3) is 5.91 Å². The van der Waals surface area contributed by atoms with E-state index in [1.54, 1.807) is 18.2 Å². The molecule has 0 fully saturated rings. The Kier molecular flexibility index (Phi) is 4.37. The van der Waals surface area contributed by atoms with Crippen LogP contribution in [0, 0.1) is 0 Å². The molecule has 0 atom stereocenters. The number of aryl methyl sites for hydroxylation is 1. The number of amides is 1. The number of benzene rings is 1. The van der Waals surface area contributed by atoms with Crippen LogP contribution in [0.3, 0.4) is 0 Å². The number of imidazole rings is 1. The number of nitrogens with one attached hydrogen (secondary N) is 2. The third kappa shape index (κ3) is 2.97. The average Bonchev–Trinajstić information content (AvgIpc) is 2.96. The number of hydrogen-bond acceptors (Lipinski definition) is 4. The van der Waals surface area contributed by atoms with Gasteiger partial charge in [-0.15, -0.1) is 0 Å². The monoisotopic (exact) mass is 275 g/mol. The molecule has 20 heavy (non-hydrogen) atoms. The van der Waals surface area contributed by atoms with Gasteiger partial charge >= 0.3 is 0 Å². The van der Waals surface area contributed by atoms with E-state index in [4.69, 9.17) is 4.74 Å². The van der Waals surface area contributed by atoms with Crippen molar-refractivity contribution in [3.8, 4) is 5.75 Å². The number of rotatable bonds is 5. The summed E-state index contributed by atoms with van der Waals surface area (Å²) in [4.78, 5) is 19.0. The molecule has 0 saturated carbocycles. The van der Waals surface area contributed by atoms with E-state index in [2.05, 4.69) is 15.3 Å². The fraction of sp³-hybridized carbons (Fsp3) is 0.286. The first-order valence-electron chi connectivity index (χ1n) is 6.31. The molecule has 0 aliphatic rings. The molecular weight excluding hydrogens is 258 g/mol. The van der Waals surface area contributed by atoms with Crippen molar-refractivity contribution in [1.29, 1.82) is 0 Å². The van der Waals surface area contributed by atoms with Crippen LogP contribution in [0.1, 0.15) is 28.8 Å². The second kappa shape index (κ2) is 6.21. The van der Waals surface area contributed by atoms with Crippen molar-refractivity contribution in [3.05, 3.63) is 41.5 Å². The molecule has 2 rings (SSSR count). The summed E-state index contributed by atoms with van der Waals surface area (Å²) in [6.45, 7) is 1.80. The summed E-state index contributed by atoms with van der Waals surface area (Å²) in [6, 6.07) is 5.09. The number of carbonyl (C=O) groups excluding carboxylic acids is 1. The van der Waals surface area contributed by atoms with E-state index in [9.17, 15) is 9.90 Å². The largest absolute Gasteiger partial charge is 0.496 e. The number of nitrogens with zero attached hydrogens (tertiary/aromatic N) is 1. The van der Waals surface area contributed by atoms with Gasteiger partial charge in [0.2, 0.25) is 0 Å². The Hall–Kier alpha value is -2.34. The molecular formula is C14H17N3O3. The van der Waals surface area contributed by atoms with E-state index < -0.39 is 0 Å². The minimum atomic E-state index is -0.272. The second-order valence-electron chi connectivity index (χ2n) is 4.24. The lowest BCUT2D eigenvalue weighted by Crippen LogP contribution is -2.12. The lowest BCUT2D eigenvalue weighted by atomic mass is 10.2. The van der Waals surface area contributed by atoms with Crippen LogP contribution < -0.4 is 10.1 Å². The van der Waals surface area contributed by atoms with Crippen LogP contribution in [0.5, 0.6) is 5.75 Å². The molecule has 106 valence electrons. The molecule has 6 nitrogen and oxygen atoms in total. The Bertz CT molecular complexity index is 607. The highest BCUT2D eigenvalue weighted by Gasteiger charge is 2.10. The number of aliphatic hydroxyl groups excluding tert-OH is 1. The van der Waals surface area contributed by atoms with Crippen LogP contribution in [0.4, 0.5) is 5.69 Å². The lowest BCUT2D eigenvalue weighted by Gasteiger charge is -2.09. The topological polar surface area (TPSA) is 87.2 Å². The van der Waals surface area contributed by atoms with Gasteiger partial charge in [-0.2, -0.15) is 0 Å². The van der Waals surface area contributed by atoms with Gasteiger partial charge in [-0.1, -0.05) is 6.92 Å². The van der Waals surface area contributed by atoms with Gasteiger partial charge in [0.1, 0.15) is 17.3 Å². The quantitative estimate of drug-likeness (QED) is 0.775. The van der Waals surface area contributed by atoms with Crippen molar-refractivity contribution >= 4 is 11.6 Å². The van der Waals surface area contributed by atoms with E-state index >= 15 is 0 Å². The van der Waals surface area contributed by atoms with Crippen molar-refractivity contribution in [3.63, 3.8) is 0 Å². The highest BCUT2D eigenvalue weighted by Crippen LogP contribution is 2.22. The summed E-state index contributed by atoms with van der Waals surface area (Å²) >= 11 is 0. The van der Waals surface area contributed by atoms with Crippen molar-refractivity contribution in [2.24, 2.45) is 0 Å². The normalized spacial score (nSPS) is 10.3. The van der Waals surface area contributed by atoms with Crippen LogP contribution in [-0.2, 0) is 13.0 Å². The van der Waals surface area contributed by atoms with E-state index in [-0.39, 0.29) is 12.5 Å². The van der Waals surface area contributed by atoms with Crippen LogP contribution in [0.2, 0.25) is 0 Å². The number of H-pyrrole nitrogens is 1. The summed E-state index contributed by atoms with van der Waals surface area (Å²) in [5.74, 6) is 1.08. The van der Waals surface area contributed by atoms with Crippen LogP contribution in [-0.4, -0.2) is 28.1 Å². The van der Waals surface area contributed by atoms with Gasteiger partial charge in [-0.25, -0.2) is 4.98 Å². The van der Waals surface area contributed by atoms with E-state index in [0.717, 1.165) is 12.2 Å². The predicted octanol–water partition coefficient (Wildman–Crippen LogP) is 1.73. The van der Waals surface area contributed by atoms with Crippen molar-refractivity contribution in [2.75, 3.05) is 12.4 Å². The van der Waals surface area contributed by atoms with Gasteiger partial charge < -0.3 is 20.1 Å². The molecule has 0 aliphatic carbocycles. The molecule has 1 aromatic carbocycles. The highest BCUT2D eigenvalue weighted by atomic mass is 16.5. The fourth-order valence-electron chi connectivity index (χ4n) is 1.84. The fourth-order valence-corrected chi connectivity index (χ4v) is 1.84. The lowest BCUT2D eigenvalue weighted by molar-refractivity contribution is 0.102. The maximum absolute atomic E-state index is 12.0. The summed E-state index contributed by atoms with van der Waals surface area (Å²) in [5, 5.41) is 12.0. The van der Waals surface area contributed by atoms with E-state index in [1.807, 2.05) is 6.92 Å². The molecule has 1 amide bonds. The maximum Gasteiger partial charge on any atom is 0.273 e. The minimum Gasteiger partial charge on any atom is -0.496 e. The van der Waals surface area contributed by atoms with Crippen LogP contribution >= 0.6 is 0 Å². The van der Waals surface area contributed by atoms with Gasteiger partial charge in [0.05, 0.1) is 19.9 Å². The van der Waals surface area contributed by atoms with E-state index in [0.29, 0.717) is 22.7 Å². The molecule has 0 unspecified atom stereocenters. The summed E-state index contributed by atoms with van der Waals surface area (Å²) < 4.78 is 5.11. The summed E-state index contributed by atoms with van der Waals surface area (Å²) in [7, 11) is 1.53. The zero-order valence-electron chi connectivity index (χ0n) is 11.4. The average molecular weight is 275 g/mol. The number of aromatic nitrogens is 2. The van der Waals surface area contributed by atoms with Crippen LogP contribution in [0.15, 0.2) is 24.4 Å². The number of anilines is 1. The van der Waals surface area contributed by atoms with Crippen molar-refractivity contribution in [2.45, 2.75) is 20.0 Å². The molecule has 0 aliphatic heterocycles. The predicted molar refractivity (Wildman–Crippen MR) is 74.8 cm³/mol. The Morgan fingerprint density at radius 3 is 2.90 bits per heavy atom. The second-order valence-corrected chi connectivity index (χ2v) is 4.24. The van der Waals surface area contributed by atoms with Crippen molar-refractivity contribution in [1.82, 2.24) is 9.97 Å². The zero-order valence-corrected chi connectivity index (χ0v) is 11.4. The summed E-state index contributed by atoms with van der Waals surface area (Å²) in [5.41, 5.74) is 1.61. The smallest absolute Gasteiger partial charge is 0.273 e. The van der Waals surface area contributed by atoms with E-state index in [1.165, 1.54) is 13.3 Å². The van der Waals surface area contributed by atoms with Gasteiger partial charge in [0, 0.05) is 17.7 Å².